The zero-order valence-electron chi connectivity index (χ0n) is 15.8. The zero-order chi connectivity index (χ0) is 19.6. The highest BCUT2D eigenvalue weighted by Crippen LogP contribution is 2.39. The number of rotatable bonds is 4. The number of aromatic amines is 2. The van der Waals surface area contributed by atoms with Gasteiger partial charge >= 0.3 is 0 Å². The molecule has 148 valence electrons. The minimum atomic E-state index is -0.217. The van der Waals surface area contributed by atoms with Crippen LogP contribution in [0.3, 0.4) is 0 Å². The van der Waals surface area contributed by atoms with Gasteiger partial charge in [-0.2, -0.15) is 0 Å². The second-order valence-electron chi connectivity index (χ2n) is 7.91. The van der Waals surface area contributed by atoms with Gasteiger partial charge in [0.05, 0.1) is 11.9 Å². The van der Waals surface area contributed by atoms with Crippen molar-refractivity contribution in [2.45, 2.75) is 32.1 Å². The smallest absolute Gasteiger partial charge is 0.255 e. The molecule has 8 nitrogen and oxygen atoms in total. The van der Waals surface area contributed by atoms with Gasteiger partial charge in [-0.05, 0) is 25.3 Å². The molecule has 2 N–H and O–H groups in total. The van der Waals surface area contributed by atoms with Crippen LogP contribution in [0.1, 0.15) is 41.7 Å². The van der Waals surface area contributed by atoms with E-state index in [1.807, 2.05) is 9.80 Å². The van der Waals surface area contributed by atoms with Crippen LogP contribution in [-0.4, -0.2) is 62.7 Å². The molecule has 2 aromatic rings. The van der Waals surface area contributed by atoms with Crippen LogP contribution >= 0.6 is 0 Å². The van der Waals surface area contributed by atoms with E-state index in [2.05, 4.69) is 15.0 Å². The summed E-state index contributed by atoms with van der Waals surface area (Å²) in [7, 11) is 0. The predicted octanol–water partition coefficient (Wildman–Crippen LogP) is 1.19. The third-order valence-corrected chi connectivity index (χ3v) is 5.93. The first-order valence-corrected chi connectivity index (χ1v) is 9.78. The number of hydrogen-bond acceptors (Lipinski definition) is 4. The van der Waals surface area contributed by atoms with Crippen LogP contribution in [0, 0.1) is 5.41 Å². The summed E-state index contributed by atoms with van der Waals surface area (Å²) in [6.45, 7) is 2.71. The first-order valence-electron chi connectivity index (χ1n) is 9.78. The third kappa shape index (κ3) is 3.85. The van der Waals surface area contributed by atoms with Crippen molar-refractivity contribution in [3.63, 3.8) is 0 Å². The summed E-state index contributed by atoms with van der Waals surface area (Å²) in [5.41, 5.74) is 1.26. The normalized spacial score (nSPS) is 22.6. The Morgan fingerprint density at radius 1 is 1.18 bits per heavy atom. The van der Waals surface area contributed by atoms with Crippen molar-refractivity contribution in [2.24, 2.45) is 5.41 Å². The Morgan fingerprint density at radius 2 is 2.07 bits per heavy atom. The van der Waals surface area contributed by atoms with E-state index in [1.165, 1.54) is 12.3 Å². The number of aromatic nitrogens is 3. The Balaban J connectivity index is 1.44. The van der Waals surface area contributed by atoms with E-state index in [9.17, 15) is 14.4 Å². The molecule has 0 unspecified atom stereocenters. The lowest BCUT2D eigenvalue weighted by atomic mass is 9.73. The van der Waals surface area contributed by atoms with E-state index in [0.29, 0.717) is 38.2 Å². The van der Waals surface area contributed by atoms with Crippen LogP contribution in [0.15, 0.2) is 35.6 Å². The molecule has 1 atom stereocenters. The highest BCUT2D eigenvalue weighted by molar-refractivity contribution is 5.94. The maximum atomic E-state index is 12.9. The summed E-state index contributed by atoms with van der Waals surface area (Å²) in [6.07, 6.45) is 8.97. The first-order chi connectivity index (χ1) is 13.5. The molecule has 0 aromatic carbocycles. The van der Waals surface area contributed by atoms with Crippen LogP contribution in [0.5, 0.6) is 0 Å². The lowest BCUT2D eigenvalue weighted by Crippen LogP contribution is -2.55. The van der Waals surface area contributed by atoms with Crippen LogP contribution < -0.4 is 5.56 Å². The maximum absolute atomic E-state index is 12.9. The number of pyridine rings is 1. The minimum Gasteiger partial charge on any atom is -0.348 e. The second kappa shape index (κ2) is 7.61. The highest BCUT2D eigenvalue weighted by atomic mass is 16.2. The summed E-state index contributed by atoms with van der Waals surface area (Å²) < 4.78 is 0. The van der Waals surface area contributed by atoms with Gasteiger partial charge in [-0.15, -0.1) is 0 Å². The third-order valence-electron chi connectivity index (χ3n) is 5.93. The van der Waals surface area contributed by atoms with Crippen molar-refractivity contribution in [1.82, 2.24) is 24.8 Å². The van der Waals surface area contributed by atoms with Crippen LogP contribution in [0.4, 0.5) is 0 Å². The number of imidazole rings is 1. The van der Waals surface area contributed by atoms with Crippen molar-refractivity contribution in [3.8, 4) is 0 Å². The average molecular weight is 383 g/mol. The highest BCUT2D eigenvalue weighted by Gasteiger charge is 2.42. The lowest BCUT2D eigenvalue weighted by Gasteiger charge is -2.48. The van der Waals surface area contributed by atoms with E-state index in [-0.39, 0.29) is 22.8 Å². The van der Waals surface area contributed by atoms with E-state index < -0.39 is 0 Å². The Kier molecular flexibility index (Phi) is 5.02. The Hall–Kier alpha value is -2.90. The molecular formula is C20H25N5O3. The quantitative estimate of drug-likeness (QED) is 0.828. The molecule has 0 bridgehead atoms. The fourth-order valence-electron chi connectivity index (χ4n) is 4.42. The van der Waals surface area contributed by atoms with E-state index in [4.69, 9.17) is 0 Å². The van der Waals surface area contributed by atoms with Crippen molar-refractivity contribution >= 4 is 11.8 Å². The molecule has 0 aliphatic carbocycles. The van der Waals surface area contributed by atoms with Gasteiger partial charge in [0.15, 0.2) is 0 Å². The van der Waals surface area contributed by atoms with Crippen LogP contribution in [-0.2, 0) is 11.2 Å². The Bertz CT molecular complexity index is 886. The largest absolute Gasteiger partial charge is 0.348 e. The minimum absolute atomic E-state index is 0.0437. The topological polar surface area (TPSA) is 102 Å². The van der Waals surface area contributed by atoms with Crippen molar-refractivity contribution in [2.75, 3.05) is 26.2 Å². The van der Waals surface area contributed by atoms with Gasteiger partial charge in [0, 0.05) is 68.6 Å². The molecule has 2 amide bonds. The summed E-state index contributed by atoms with van der Waals surface area (Å²) in [5.74, 6) is 0.130. The zero-order valence-corrected chi connectivity index (χ0v) is 15.8. The van der Waals surface area contributed by atoms with Crippen molar-refractivity contribution < 1.29 is 9.59 Å². The van der Waals surface area contributed by atoms with Gasteiger partial charge in [0.25, 0.3) is 5.91 Å². The number of amides is 2. The molecule has 2 aliphatic rings. The molecule has 0 radical (unpaired) electrons. The molecule has 2 aliphatic heterocycles. The van der Waals surface area contributed by atoms with Crippen LogP contribution in [0.25, 0.3) is 0 Å². The number of likely N-dealkylation sites (tertiary alicyclic amines) is 2. The van der Waals surface area contributed by atoms with Gasteiger partial charge in [0.1, 0.15) is 0 Å². The van der Waals surface area contributed by atoms with E-state index >= 15 is 0 Å². The molecule has 2 fully saturated rings. The number of hydrogen-bond donors (Lipinski definition) is 2. The summed E-state index contributed by atoms with van der Waals surface area (Å²) in [4.78, 5) is 50.1. The molecule has 1 spiro atoms. The predicted molar refractivity (Wildman–Crippen MR) is 103 cm³/mol. The summed E-state index contributed by atoms with van der Waals surface area (Å²) >= 11 is 0. The fourth-order valence-corrected chi connectivity index (χ4v) is 4.42. The molecule has 2 aromatic heterocycles. The number of carbonyl (C=O) groups excluding carboxylic acids is 2. The van der Waals surface area contributed by atoms with E-state index in [0.717, 1.165) is 31.4 Å². The van der Waals surface area contributed by atoms with Crippen molar-refractivity contribution in [3.05, 3.63) is 52.5 Å². The Labute approximate surface area is 163 Å². The molecule has 28 heavy (non-hydrogen) atoms. The standard InChI is InChI=1S/C20H25N5O3/c26-17-3-2-15(10-22-17)19(28)25-8-1-6-20(13-25)7-4-18(27)24(12-20)9-5-16-11-21-14-23-16/h2-3,10-11,14H,1,4-9,12-13H2,(H,21,23)(H,22,26)/t20-/m0/s1. The molecular weight excluding hydrogens is 358 g/mol. The SMILES string of the molecule is O=C1CC[C@@]2(CCCN(C(=O)c3ccc(=O)[nH]c3)C2)CN1CCc1cnc[nH]1. The average Bonchev–Trinajstić information content (AvgIpc) is 3.23. The summed E-state index contributed by atoms with van der Waals surface area (Å²) in [6, 6.07) is 2.95. The maximum Gasteiger partial charge on any atom is 0.255 e. The fraction of sp³-hybridized carbons (Fsp3) is 0.500. The Morgan fingerprint density at radius 3 is 2.82 bits per heavy atom. The molecule has 8 heteroatoms. The van der Waals surface area contributed by atoms with Gasteiger partial charge < -0.3 is 19.8 Å². The number of H-pyrrole nitrogens is 2. The van der Waals surface area contributed by atoms with Crippen LogP contribution in [0.2, 0.25) is 0 Å². The molecule has 0 saturated carbocycles. The van der Waals surface area contributed by atoms with E-state index in [1.54, 1.807) is 18.6 Å². The monoisotopic (exact) mass is 383 g/mol. The van der Waals surface area contributed by atoms with Gasteiger partial charge in [0.2, 0.25) is 11.5 Å². The number of nitrogens with one attached hydrogen (secondary N) is 2. The van der Waals surface area contributed by atoms with Gasteiger partial charge in [-0.1, -0.05) is 0 Å². The lowest BCUT2D eigenvalue weighted by molar-refractivity contribution is -0.138. The molecule has 4 rings (SSSR count). The summed E-state index contributed by atoms with van der Waals surface area (Å²) in [5, 5.41) is 0. The van der Waals surface area contributed by atoms with Crippen molar-refractivity contribution in [1.29, 1.82) is 0 Å². The first kappa shape index (κ1) is 18.5. The number of carbonyl (C=O) groups is 2. The van der Waals surface area contributed by atoms with Gasteiger partial charge in [-0.25, -0.2) is 4.98 Å². The van der Waals surface area contributed by atoms with Gasteiger partial charge in [-0.3, -0.25) is 14.4 Å². The number of nitrogens with zero attached hydrogens (tertiary/aromatic N) is 3. The second-order valence-corrected chi connectivity index (χ2v) is 7.91. The number of piperidine rings is 2. The molecule has 2 saturated heterocycles. The molecule has 4 heterocycles.